The number of para-hydroxylation sites is 1. The molecular formula is C20H26N4O2. The highest BCUT2D eigenvalue weighted by molar-refractivity contribution is 6.00. The molecular weight excluding hydrogens is 328 g/mol. The monoisotopic (exact) mass is 354 g/mol. The van der Waals surface area contributed by atoms with Crippen LogP contribution in [0.5, 0.6) is 0 Å². The lowest BCUT2D eigenvalue weighted by molar-refractivity contribution is 0.0235. The van der Waals surface area contributed by atoms with Gasteiger partial charge >= 0.3 is 0 Å². The first-order valence-corrected chi connectivity index (χ1v) is 9.43. The fourth-order valence-corrected chi connectivity index (χ4v) is 4.09. The summed E-state index contributed by atoms with van der Waals surface area (Å²) in [6.07, 6.45) is 7.28. The van der Waals surface area contributed by atoms with Crippen molar-refractivity contribution in [3.8, 4) is 0 Å². The van der Waals surface area contributed by atoms with Gasteiger partial charge in [0.15, 0.2) is 0 Å². The molecule has 1 aliphatic carbocycles. The van der Waals surface area contributed by atoms with E-state index in [9.17, 15) is 9.90 Å². The molecule has 1 aromatic heterocycles. The lowest BCUT2D eigenvalue weighted by Gasteiger charge is -2.37. The number of hydrogen-bond donors (Lipinski definition) is 2. The molecule has 0 bridgehead atoms. The van der Waals surface area contributed by atoms with Gasteiger partial charge in [-0.15, -0.1) is 0 Å². The number of amides is 1. The maximum atomic E-state index is 13.1. The third kappa shape index (κ3) is 3.33. The van der Waals surface area contributed by atoms with Crippen LogP contribution in [-0.2, 0) is 7.05 Å². The average Bonchev–Trinajstić information content (AvgIpc) is 3.29. The van der Waals surface area contributed by atoms with Crippen molar-refractivity contribution in [1.29, 1.82) is 0 Å². The van der Waals surface area contributed by atoms with Crippen LogP contribution in [0.4, 0.5) is 5.69 Å². The molecule has 1 saturated heterocycles. The number of nitrogens with one attached hydrogen (secondary N) is 1. The molecule has 6 heteroatoms. The number of aryl methyl sites for hydroxylation is 1. The van der Waals surface area contributed by atoms with Gasteiger partial charge in [0.1, 0.15) is 0 Å². The average molecular weight is 354 g/mol. The Hall–Kier alpha value is -2.34. The maximum absolute atomic E-state index is 13.1. The van der Waals surface area contributed by atoms with E-state index in [0.29, 0.717) is 12.8 Å². The summed E-state index contributed by atoms with van der Waals surface area (Å²) in [5, 5.41) is 17.2. The van der Waals surface area contributed by atoms with E-state index in [0.717, 1.165) is 29.9 Å². The normalized spacial score (nSPS) is 23.5. The zero-order chi connectivity index (χ0) is 18.1. The van der Waals surface area contributed by atoms with Gasteiger partial charge in [-0.3, -0.25) is 9.48 Å². The van der Waals surface area contributed by atoms with Crippen LogP contribution >= 0.6 is 0 Å². The standard InChI is InChI=1S/C20H26N4O2/c1-23-13-15(12-21-23)19(14-10-16(25)11-14)22-20(26)17-6-2-3-7-18(17)24-8-4-5-9-24/h2-3,6-7,12-14,16,19,25H,4-5,8-11H2,1H3,(H,22,26)/t14?,16?,19-/m0/s1. The largest absolute Gasteiger partial charge is 0.393 e. The number of rotatable bonds is 5. The smallest absolute Gasteiger partial charge is 0.253 e. The molecule has 2 aliphatic rings. The molecule has 0 spiro atoms. The molecule has 6 nitrogen and oxygen atoms in total. The van der Waals surface area contributed by atoms with Crippen LogP contribution in [0.3, 0.4) is 0 Å². The van der Waals surface area contributed by atoms with Crippen molar-refractivity contribution < 1.29 is 9.90 Å². The van der Waals surface area contributed by atoms with Gasteiger partial charge < -0.3 is 15.3 Å². The molecule has 0 radical (unpaired) electrons. The summed E-state index contributed by atoms with van der Waals surface area (Å²) in [7, 11) is 1.88. The second-order valence-electron chi connectivity index (χ2n) is 7.50. The molecule has 2 aromatic rings. The van der Waals surface area contributed by atoms with E-state index in [2.05, 4.69) is 15.3 Å². The highest BCUT2D eigenvalue weighted by Gasteiger charge is 2.36. The number of aliphatic hydroxyl groups excluding tert-OH is 1. The van der Waals surface area contributed by atoms with E-state index >= 15 is 0 Å². The summed E-state index contributed by atoms with van der Waals surface area (Å²) >= 11 is 0. The van der Waals surface area contributed by atoms with Gasteiger partial charge in [0.05, 0.1) is 23.9 Å². The third-order valence-corrected chi connectivity index (χ3v) is 5.59. The van der Waals surface area contributed by atoms with E-state index in [1.807, 2.05) is 43.7 Å². The van der Waals surface area contributed by atoms with Crippen LogP contribution < -0.4 is 10.2 Å². The molecule has 1 aromatic carbocycles. The van der Waals surface area contributed by atoms with Crippen molar-refractivity contribution in [1.82, 2.24) is 15.1 Å². The Morgan fingerprint density at radius 3 is 2.65 bits per heavy atom. The Morgan fingerprint density at radius 2 is 2.00 bits per heavy atom. The van der Waals surface area contributed by atoms with Crippen molar-refractivity contribution in [2.24, 2.45) is 13.0 Å². The van der Waals surface area contributed by atoms with E-state index in [-0.39, 0.29) is 24.0 Å². The SMILES string of the molecule is Cn1cc([C@@H](NC(=O)c2ccccc2N2CCCC2)C2CC(O)C2)cn1. The predicted octanol–water partition coefficient (Wildman–Crippen LogP) is 2.26. The topological polar surface area (TPSA) is 70.4 Å². The van der Waals surface area contributed by atoms with Crippen LogP contribution in [0.25, 0.3) is 0 Å². The first-order chi connectivity index (χ1) is 12.6. The van der Waals surface area contributed by atoms with E-state index in [1.165, 1.54) is 12.8 Å². The minimum absolute atomic E-state index is 0.0530. The quantitative estimate of drug-likeness (QED) is 0.864. The number of carbonyl (C=O) groups is 1. The van der Waals surface area contributed by atoms with Crippen LogP contribution in [0.1, 0.15) is 47.6 Å². The van der Waals surface area contributed by atoms with Crippen LogP contribution in [0.2, 0.25) is 0 Å². The van der Waals surface area contributed by atoms with Gasteiger partial charge in [-0.2, -0.15) is 5.10 Å². The number of anilines is 1. The second-order valence-corrected chi connectivity index (χ2v) is 7.50. The van der Waals surface area contributed by atoms with Gasteiger partial charge in [-0.25, -0.2) is 0 Å². The van der Waals surface area contributed by atoms with Crippen molar-refractivity contribution >= 4 is 11.6 Å². The highest BCUT2D eigenvalue weighted by atomic mass is 16.3. The maximum Gasteiger partial charge on any atom is 0.253 e. The molecule has 1 atom stereocenters. The third-order valence-electron chi connectivity index (χ3n) is 5.59. The first kappa shape index (κ1) is 17.1. The number of carbonyl (C=O) groups excluding carboxylic acids is 1. The summed E-state index contributed by atoms with van der Waals surface area (Å²) in [5.41, 5.74) is 2.74. The molecule has 2 heterocycles. The number of aliphatic hydroxyl groups is 1. The molecule has 26 heavy (non-hydrogen) atoms. The molecule has 2 fully saturated rings. The Bertz CT molecular complexity index is 776. The Morgan fingerprint density at radius 1 is 1.27 bits per heavy atom. The van der Waals surface area contributed by atoms with Gasteiger partial charge in [-0.1, -0.05) is 12.1 Å². The summed E-state index contributed by atoms with van der Waals surface area (Å²) in [4.78, 5) is 15.4. The molecule has 1 saturated carbocycles. The molecule has 1 aliphatic heterocycles. The second kappa shape index (κ2) is 7.11. The zero-order valence-electron chi connectivity index (χ0n) is 15.1. The van der Waals surface area contributed by atoms with Crippen LogP contribution in [0.15, 0.2) is 36.7 Å². The lowest BCUT2D eigenvalue weighted by atomic mass is 9.75. The fourth-order valence-electron chi connectivity index (χ4n) is 4.09. The number of hydrogen-bond acceptors (Lipinski definition) is 4. The summed E-state index contributed by atoms with van der Waals surface area (Å²) in [6.45, 7) is 2.01. The van der Waals surface area contributed by atoms with Crippen molar-refractivity contribution in [3.63, 3.8) is 0 Å². The van der Waals surface area contributed by atoms with Gasteiger partial charge in [-0.05, 0) is 43.7 Å². The summed E-state index contributed by atoms with van der Waals surface area (Å²) in [6, 6.07) is 7.73. The predicted molar refractivity (Wildman–Crippen MR) is 100 cm³/mol. The van der Waals surface area contributed by atoms with Crippen molar-refractivity contribution in [2.75, 3.05) is 18.0 Å². The van der Waals surface area contributed by atoms with Gasteiger partial charge in [0.25, 0.3) is 5.91 Å². The molecule has 4 rings (SSSR count). The van der Waals surface area contributed by atoms with E-state index < -0.39 is 0 Å². The Kier molecular flexibility index (Phi) is 4.68. The first-order valence-electron chi connectivity index (χ1n) is 9.43. The fraction of sp³-hybridized carbons (Fsp3) is 0.500. The minimum atomic E-state index is -0.257. The molecule has 2 N–H and O–H groups in total. The molecule has 0 unspecified atom stereocenters. The minimum Gasteiger partial charge on any atom is -0.393 e. The number of aromatic nitrogens is 2. The van der Waals surface area contributed by atoms with Gasteiger partial charge in [0, 0.05) is 37.6 Å². The Balaban J connectivity index is 1.57. The number of benzene rings is 1. The highest BCUT2D eigenvalue weighted by Crippen LogP contribution is 2.38. The van der Waals surface area contributed by atoms with E-state index in [1.54, 1.807) is 4.68 Å². The summed E-state index contributed by atoms with van der Waals surface area (Å²) < 4.78 is 1.75. The van der Waals surface area contributed by atoms with Crippen molar-refractivity contribution in [2.45, 2.75) is 37.8 Å². The Labute approximate surface area is 153 Å². The lowest BCUT2D eigenvalue weighted by Crippen LogP contribution is -2.41. The molecule has 1 amide bonds. The summed E-state index contributed by atoms with van der Waals surface area (Å²) in [5.74, 6) is 0.194. The molecule has 138 valence electrons. The van der Waals surface area contributed by atoms with Crippen LogP contribution in [0, 0.1) is 5.92 Å². The van der Waals surface area contributed by atoms with Crippen LogP contribution in [-0.4, -0.2) is 40.0 Å². The zero-order valence-corrected chi connectivity index (χ0v) is 15.1. The van der Waals surface area contributed by atoms with Crippen molar-refractivity contribution in [3.05, 3.63) is 47.8 Å². The van der Waals surface area contributed by atoms with Gasteiger partial charge in [0.2, 0.25) is 0 Å². The number of nitrogens with zero attached hydrogens (tertiary/aromatic N) is 3. The van der Waals surface area contributed by atoms with E-state index in [4.69, 9.17) is 0 Å².